The van der Waals surface area contributed by atoms with Crippen molar-refractivity contribution >= 4 is 46.3 Å². The molecule has 3 aromatic rings. The highest BCUT2D eigenvalue weighted by molar-refractivity contribution is 14.1. The lowest BCUT2D eigenvalue weighted by atomic mass is 10.2. The maximum absolute atomic E-state index is 12.8. The van der Waals surface area contributed by atoms with Crippen molar-refractivity contribution < 1.29 is 32.2 Å². The van der Waals surface area contributed by atoms with Crippen LogP contribution >= 0.6 is 22.6 Å². The molecular formula is C25H21F3IN3O4. The van der Waals surface area contributed by atoms with Gasteiger partial charge < -0.3 is 14.8 Å². The van der Waals surface area contributed by atoms with Crippen LogP contribution in [0.4, 0.5) is 18.9 Å². The summed E-state index contributed by atoms with van der Waals surface area (Å²) in [4.78, 5) is 24.0. The van der Waals surface area contributed by atoms with Gasteiger partial charge in [-0.15, -0.1) is 0 Å². The molecule has 3 rings (SSSR count). The van der Waals surface area contributed by atoms with Gasteiger partial charge in [0.2, 0.25) is 11.8 Å². The summed E-state index contributed by atoms with van der Waals surface area (Å²) in [6, 6.07) is 17.2. The van der Waals surface area contributed by atoms with Crippen LogP contribution in [0.3, 0.4) is 0 Å². The largest absolute Gasteiger partial charge is 0.493 e. The Balaban J connectivity index is 1.55. The Labute approximate surface area is 218 Å². The van der Waals surface area contributed by atoms with E-state index in [1.54, 1.807) is 12.1 Å². The summed E-state index contributed by atoms with van der Waals surface area (Å²) in [5.41, 5.74) is 2.85. The molecule has 0 spiro atoms. The molecule has 0 aliphatic carbocycles. The highest BCUT2D eigenvalue weighted by Gasteiger charge is 2.30. The number of amides is 2. The first-order valence-corrected chi connectivity index (χ1v) is 11.6. The number of alkyl halides is 3. The summed E-state index contributed by atoms with van der Waals surface area (Å²) >= 11 is 2.10. The standard InChI is InChI=1S/C25H21F3IN3O4/c1-35-21-11-17(10-20(29)24(21)36-15-16-6-3-2-4-7-16)14-30-32-23(34)13-22(33)31-19-9-5-8-18(12-19)25(26,27)28/h2-12,14H,13,15H2,1H3,(H,31,33)(H,32,34). The summed E-state index contributed by atoms with van der Waals surface area (Å²) in [5.74, 6) is -0.473. The van der Waals surface area contributed by atoms with E-state index in [0.717, 1.165) is 27.3 Å². The number of ether oxygens (including phenoxy) is 2. The Bertz CT molecular complexity index is 1250. The molecule has 0 aliphatic rings. The molecule has 11 heteroatoms. The van der Waals surface area contributed by atoms with E-state index in [4.69, 9.17) is 9.47 Å². The smallest absolute Gasteiger partial charge is 0.416 e. The molecule has 2 N–H and O–H groups in total. The number of carbonyl (C=O) groups excluding carboxylic acids is 2. The van der Waals surface area contributed by atoms with Crippen LogP contribution in [0.25, 0.3) is 0 Å². The van der Waals surface area contributed by atoms with E-state index in [0.29, 0.717) is 23.7 Å². The fourth-order valence-corrected chi connectivity index (χ4v) is 3.81. The molecule has 0 atom stereocenters. The Morgan fingerprint density at radius 2 is 1.78 bits per heavy atom. The minimum absolute atomic E-state index is 0.0673. The van der Waals surface area contributed by atoms with Crippen molar-refractivity contribution in [3.05, 3.63) is 87.0 Å². The third-order valence-electron chi connectivity index (χ3n) is 4.68. The molecule has 0 bridgehead atoms. The number of benzene rings is 3. The molecule has 0 saturated heterocycles. The van der Waals surface area contributed by atoms with Gasteiger partial charge in [0.15, 0.2) is 11.5 Å². The Morgan fingerprint density at radius 1 is 1.03 bits per heavy atom. The number of carbonyl (C=O) groups is 2. The van der Waals surface area contributed by atoms with Crippen molar-refractivity contribution in [3.63, 3.8) is 0 Å². The van der Waals surface area contributed by atoms with Gasteiger partial charge in [-0.25, -0.2) is 5.43 Å². The monoisotopic (exact) mass is 611 g/mol. The van der Waals surface area contributed by atoms with Gasteiger partial charge >= 0.3 is 6.18 Å². The third-order valence-corrected chi connectivity index (χ3v) is 5.48. The molecule has 0 heterocycles. The second-order valence-corrected chi connectivity index (χ2v) is 8.57. The molecule has 7 nitrogen and oxygen atoms in total. The van der Waals surface area contributed by atoms with Crippen LogP contribution in [0.15, 0.2) is 71.8 Å². The molecule has 3 aromatic carbocycles. The topological polar surface area (TPSA) is 89.0 Å². The van der Waals surface area contributed by atoms with E-state index < -0.39 is 30.0 Å². The number of hydrogen-bond donors (Lipinski definition) is 2. The van der Waals surface area contributed by atoms with Crippen LogP contribution in [0.5, 0.6) is 11.5 Å². The summed E-state index contributed by atoms with van der Waals surface area (Å²) in [7, 11) is 1.51. The molecule has 36 heavy (non-hydrogen) atoms. The van der Waals surface area contributed by atoms with Gasteiger partial charge in [0, 0.05) is 5.69 Å². The molecule has 0 aromatic heterocycles. The minimum atomic E-state index is -4.54. The summed E-state index contributed by atoms with van der Waals surface area (Å²) < 4.78 is 50.5. The minimum Gasteiger partial charge on any atom is -0.493 e. The van der Waals surface area contributed by atoms with Crippen LogP contribution in [-0.2, 0) is 22.4 Å². The Kier molecular flexibility index (Phi) is 9.28. The lowest BCUT2D eigenvalue weighted by Gasteiger charge is -2.13. The molecule has 0 aliphatic heterocycles. The van der Waals surface area contributed by atoms with Gasteiger partial charge in [0.05, 0.1) is 22.5 Å². The SMILES string of the molecule is COc1cc(C=NNC(=O)CC(=O)Nc2cccc(C(F)(F)F)c2)cc(I)c1OCc1ccccc1. The van der Waals surface area contributed by atoms with Crippen LogP contribution in [0.1, 0.15) is 23.1 Å². The Morgan fingerprint density at radius 3 is 2.47 bits per heavy atom. The van der Waals surface area contributed by atoms with Crippen LogP contribution in [-0.4, -0.2) is 25.1 Å². The predicted octanol–water partition coefficient (Wildman–Crippen LogP) is 5.38. The van der Waals surface area contributed by atoms with Gasteiger partial charge in [-0.3, -0.25) is 9.59 Å². The molecular weight excluding hydrogens is 590 g/mol. The average molecular weight is 611 g/mol. The molecule has 0 saturated carbocycles. The summed E-state index contributed by atoms with van der Waals surface area (Å²) in [5, 5.41) is 6.10. The second kappa shape index (κ2) is 12.4. The predicted molar refractivity (Wildman–Crippen MR) is 137 cm³/mol. The number of rotatable bonds is 9. The lowest BCUT2D eigenvalue weighted by Crippen LogP contribution is -2.24. The number of halogens is 4. The van der Waals surface area contributed by atoms with E-state index in [-0.39, 0.29) is 5.69 Å². The van der Waals surface area contributed by atoms with Crippen molar-refractivity contribution in [1.82, 2.24) is 5.43 Å². The van der Waals surface area contributed by atoms with E-state index in [9.17, 15) is 22.8 Å². The van der Waals surface area contributed by atoms with Gasteiger partial charge in [-0.1, -0.05) is 36.4 Å². The van der Waals surface area contributed by atoms with Crippen molar-refractivity contribution in [2.45, 2.75) is 19.2 Å². The van der Waals surface area contributed by atoms with Crippen molar-refractivity contribution in [1.29, 1.82) is 0 Å². The van der Waals surface area contributed by atoms with Crippen molar-refractivity contribution in [2.24, 2.45) is 5.10 Å². The van der Waals surface area contributed by atoms with Crippen LogP contribution < -0.4 is 20.2 Å². The summed E-state index contributed by atoms with van der Waals surface area (Å²) in [6.45, 7) is 0.360. The number of nitrogens with one attached hydrogen (secondary N) is 2. The number of hydrogen-bond acceptors (Lipinski definition) is 5. The van der Waals surface area contributed by atoms with E-state index in [1.165, 1.54) is 19.4 Å². The molecule has 2 amide bonds. The van der Waals surface area contributed by atoms with E-state index >= 15 is 0 Å². The second-order valence-electron chi connectivity index (χ2n) is 7.41. The number of methoxy groups -OCH3 is 1. The zero-order valence-electron chi connectivity index (χ0n) is 18.9. The molecule has 0 radical (unpaired) electrons. The highest BCUT2D eigenvalue weighted by Crippen LogP contribution is 2.34. The van der Waals surface area contributed by atoms with Gasteiger partial charge in [-0.2, -0.15) is 18.3 Å². The Hall–Kier alpha value is -3.61. The van der Waals surface area contributed by atoms with Crippen molar-refractivity contribution in [3.8, 4) is 11.5 Å². The van der Waals surface area contributed by atoms with Gasteiger partial charge in [0.1, 0.15) is 13.0 Å². The zero-order chi connectivity index (χ0) is 26.1. The van der Waals surface area contributed by atoms with Gasteiger partial charge in [-0.05, 0) is 64.0 Å². The molecule has 0 fully saturated rings. The third kappa shape index (κ3) is 7.97. The maximum atomic E-state index is 12.8. The highest BCUT2D eigenvalue weighted by atomic mass is 127. The van der Waals surface area contributed by atoms with Gasteiger partial charge in [0.25, 0.3) is 0 Å². The first-order chi connectivity index (χ1) is 17.2. The fourth-order valence-electron chi connectivity index (χ4n) is 3.03. The first-order valence-electron chi connectivity index (χ1n) is 10.5. The maximum Gasteiger partial charge on any atom is 0.416 e. The average Bonchev–Trinajstić information content (AvgIpc) is 2.83. The normalized spacial score (nSPS) is 11.2. The number of nitrogens with zero attached hydrogens (tertiary/aromatic N) is 1. The lowest BCUT2D eigenvalue weighted by molar-refractivity contribution is -0.137. The summed E-state index contributed by atoms with van der Waals surface area (Å²) in [6.07, 6.45) is -3.80. The van der Waals surface area contributed by atoms with E-state index in [2.05, 4.69) is 38.4 Å². The fraction of sp³-hybridized carbons (Fsp3) is 0.160. The van der Waals surface area contributed by atoms with Crippen LogP contribution in [0, 0.1) is 3.57 Å². The molecule has 188 valence electrons. The van der Waals surface area contributed by atoms with Crippen molar-refractivity contribution in [2.75, 3.05) is 12.4 Å². The first kappa shape index (κ1) is 27.0. The number of anilines is 1. The number of hydrazone groups is 1. The van der Waals surface area contributed by atoms with Crippen LogP contribution in [0.2, 0.25) is 0 Å². The zero-order valence-corrected chi connectivity index (χ0v) is 21.1. The molecule has 0 unspecified atom stereocenters. The van der Waals surface area contributed by atoms with E-state index in [1.807, 2.05) is 30.3 Å². The quantitative estimate of drug-likeness (QED) is 0.147.